The molecule has 0 amide bonds. The van der Waals surface area contributed by atoms with Gasteiger partial charge in [0.2, 0.25) is 0 Å². The van der Waals surface area contributed by atoms with Gasteiger partial charge in [-0.2, -0.15) is 0 Å². The van der Waals surface area contributed by atoms with Crippen molar-refractivity contribution in [1.29, 1.82) is 0 Å². The third-order valence-electron chi connectivity index (χ3n) is 9.47. The summed E-state index contributed by atoms with van der Waals surface area (Å²) in [6.45, 7) is 4.60. The number of carbonyl (C=O) groups is 1. The van der Waals surface area contributed by atoms with Gasteiger partial charge in [-0.3, -0.25) is 4.79 Å². The molecule has 1 aromatic rings. The summed E-state index contributed by atoms with van der Waals surface area (Å²) in [4.78, 5) is 12.6. The van der Waals surface area contributed by atoms with E-state index in [4.69, 9.17) is 4.74 Å². The Kier molecular flexibility index (Phi) is 9.33. The fourth-order valence-corrected chi connectivity index (χ4v) is 7.38. The molecule has 3 aliphatic rings. The first kappa shape index (κ1) is 24.8. The maximum atomic E-state index is 12.6. The Labute approximate surface area is 203 Å². The average molecular weight is 453 g/mol. The summed E-state index contributed by atoms with van der Waals surface area (Å²) in [6.07, 6.45) is 21.2. The molecule has 0 saturated heterocycles. The number of hydrogen-bond acceptors (Lipinski definition) is 2. The molecular weight excluding hydrogens is 404 g/mol. The zero-order chi connectivity index (χ0) is 23.0. The van der Waals surface area contributed by atoms with Crippen molar-refractivity contribution in [1.82, 2.24) is 0 Å². The van der Waals surface area contributed by atoms with Crippen LogP contribution in [-0.2, 0) is 4.79 Å². The molecule has 3 saturated carbocycles. The van der Waals surface area contributed by atoms with Crippen molar-refractivity contribution in [2.75, 3.05) is 0 Å². The summed E-state index contributed by atoms with van der Waals surface area (Å²) in [5.74, 6) is 5.33. The topological polar surface area (TPSA) is 26.3 Å². The van der Waals surface area contributed by atoms with E-state index < -0.39 is 0 Å². The van der Waals surface area contributed by atoms with E-state index in [1.807, 2.05) is 12.1 Å². The van der Waals surface area contributed by atoms with Crippen LogP contribution in [0.25, 0.3) is 0 Å². The van der Waals surface area contributed by atoms with E-state index in [-0.39, 0.29) is 11.9 Å². The van der Waals surface area contributed by atoms with Crippen LogP contribution in [0, 0.1) is 29.6 Å². The molecule has 2 nitrogen and oxygen atoms in total. The van der Waals surface area contributed by atoms with E-state index in [2.05, 4.69) is 26.0 Å². The van der Waals surface area contributed by atoms with Crippen molar-refractivity contribution >= 4 is 5.97 Å². The Bertz CT molecular complexity index is 699. The number of esters is 1. The lowest BCUT2D eigenvalue weighted by atomic mass is 9.68. The molecule has 4 rings (SSSR count). The second-order valence-electron chi connectivity index (χ2n) is 11.7. The van der Waals surface area contributed by atoms with Gasteiger partial charge in [0.05, 0.1) is 5.92 Å². The molecule has 2 heteroatoms. The first-order chi connectivity index (χ1) is 16.2. The monoisotopic (exact) mass is 452 g/mol. The largest absolute Gasteiger partial charge is 0.426 e. The van der Waals surface area contributed by atoms with E-state index in [1.165, 1.54) is 95.5 Å². The summed E-state index contributed by atoms with van der Waals surface area (Å²) in [5, 5.41) is 0. The lowest BCUT2D eigenvalue weighted by molar-refractivity contribution is -0.140. The maximum Gasteiger partial charge on any atom is 0.314 e. The highest BCUT2D eigenvalue weighted by Crippen LogP contribution is 2.44. The van der Waals surface area contributed by atoms with Crippen LogP contribution < -0.4 is 4.74 Å². The highest BCUT2D eigenvalue weighted by Gasteiger charge is 2.31. The number of ether oxygens (including phenoxy) is 1. The molecule has 184 valence electrons. The minimum Gasteiger partial charge on any atom is -0.426 e. The molecular formula is C31H48O2. The van der Waals surface area contributed by atoms with Crippen molar-refractivity contribution in [2.24, 2.45) is 29.6 Å². The zero-order valence-corrected chi connectivity index (χ0v) is 21.4. The van der Waals surface area contributed by atoms with Crippen LogP contribution in [0.2, 0.25) is 0 Å². The predicted octanol–water partition coefficient (Wildman–Crippen LogP) is 9.08. The van der Waals surface area contributed by atoms with Crippen LogP contribution >= 0.6 is 0 Å². The van der Waals surface area contributed by atoms with Gasteiger partial charge in [0.15, 0.2) is 0 Å². The fourth-order valence-electron chi connectivity index (χ4n) is 7.38. The second-order valence-corrected chi connectivity index (χ2v) is 11.7. The molecule has 0 radical (unpaired) electrons. The molecule has 1 aromatic carbocycles. The third kappa shape index (κ3) is 6.86. The molecule has 0 aromatic heterocycles. The Balaban J connectivity index is 1.20. The van der Waals surface area contributed by atoms with E-state index in [9.17, 15) is 4.79 Å². The number of carbonyl (C=O) groups excluding carboxylic acids is 1. The van der Waals surface area contributed by atoms with Crippen LogP contribution in [0.1, 0.15) is 128 Å². The first-order valence-electron chi connectivity index (χ1n) is 14.5. The summed E-state index contributed by atoms with van der Waals surface area (Å²) in [5.41, 5.74) is 1.44. The van der Waals surface area contributed by atoms with E-state index in [0.29, 0.717) is 5.92 Å². The Morgan fingerprint density at radius 1 is 0.697 bits per heavy atom. The van der Waals surface area contributed by atoms with Gasteiger partial charge in [-0.15, -0.1) is 0 Å². The summed E-state index contributed by atoms with van der Waals surface area (Å²) >= 11 is 0. The van der Waals surface area contributed by atoms with Crippen LogP contribution in [0.3, 0.4) is 0 Å². The van der Waals surface area contributed by atoms with Gasteiger partial charge in [-0.1, -0.05) is 64.5 Å². The molecule has 33 heavy (non-hydrogen) atoms. The van der Waals surface area contributed by atoms with Crippen molar-refractivity contribution in [2.45, 2.75) is 122 Å². The van der Waals surface area contributed by atoms with Gasteiger partial charge < -0.3 is 4.74 Å². The summed E-state index contributed by atoms with van der Waals surface area (Å²) in [7, 11) is 0. The van der Waals surface area contributed by atoms with Crippen LogP contribution in [0.5, 0.6) is 5.75 Å². The molecule has 0 N–H and O–H groups in total. The average Bonchev–Trinajstić information content (AvgIpc) is 2.86. The lowest BCUT2D eigenvalue weighted by Crippen LogP contribution is -2.26. The smallest absolute Gasteiger partial charge is 0.314 e. The van der Waals surface area contributed by atoms with Crippen LogP contribution in [0.15, 0.2) is 24.3 Å². The normalized spacial score (nSPS) is 32.9. The molecule has 0 aliphatic heterocycles. The van der Waals surface area contributed by atoms with E-state index in [1.54, 1.807) is 0 Å². The SMILES string of the molecule is CCC[C@H]1CC[C@H](C(=O)Oc2ccc([C@H]3CC[C@H]([C@H]4CC[C@H](CCC)CC4)CC3)cc2)CC1. The maximum absolute atomic E-state index is 12.6. The molecule has 0 spiro atoms. The van der Waals surface area contributed by atoms with Crippen molar-refractivity contribution in [3.05, 3.63) is 29.8 Å². The van der Waals surface area contributed by atoms with E-state index >= 15 is 0 Å². The highest BCUT2D eigenvalue weighted by atomic mass is 16.5. The number of rotatable bonds is 8. The van der Waals surface area contributed by atoms with Gasteiger partial charge in [0.25, 0.3) is 0 Å². The number of hydrogen-bond donors (Lipinski definition) is 0. The standard InChI is InChI=1S/C31H48O2/c1-3-5-23-7-11-25(12-8-23)26-15-17-27(18-16-26)28-19-21-30(22-20-28)33-31(32)29-13-9-24(6-4-2)10-14-29/h19-27,29H,3-18H2,1-2H3/t23-,24-,25-,26-,27-,29-. The van der Waals surface area contributed by atoms with Gasteiger partial charge in [-0.25, -0.2) is 0 Å². The third-order valence-corrected chi connectivity index (χ3v) is 9.47. The van der Waals surface area contributed by atoms with E-state index in [0.717, 1.165) is 42.3 Å². The van der Waals surface area contributed by atoms with Gasteiger partial charge in [0.1, 0.15) is 5.75 Å². The van der Waals surface area contributed by atoms with Crippen molar-refractivity contribution in [3.63, 3.8) is 0 Å². The molecule has 0 atom stereocenters. The number of benzene rings is 1. The molecule has 3 aliphatic carbocycles. The second kappa shape index (κ2) is 12.4. The minimum absolute atomic E-state index is 0.00753. The fraction of sp³-hybridized carbons (Fsp3) is 0.774. The first-order valence-corrected chi connectivity index (χ1v) is 14.5. The van der Waals surface area contributed by atoms with Gasteiger partial charge in [0, 0.05) is 0 Å². The van der Waals surface area contributed by atoms with Gasteiger partial charge >= 0.3 is 5.97 Å². The Morgan fingerprint density at radius 3 is 1.70 bits per heavy atom. The minimum atomic E-state index is -0.00753. The van der Waals surface area contributed by atoms with Crippen molar-refractivity contribution < 1.29 is 9.53 Å². The summed E-state index contributed by atoms with van der Waals surface area (Å²) < 4.78 is 5.77. The van der Waals surface area contributed by atoms with Crippen LogP contribution in [-0.4, -0.2) is 5.97 Å². The molecule has 0 bridgehead atoms. The highest BCUT2D eigenvalue weighted by molar-refractivity contribution is 5.75. The summed E-state index contributed by atoms with van der Waals surface area (Å²) in [6, 6.07) is 8.53. The lowest BCUT2D eigenvalue weighted by Gasteiger charge is -2.38. The quantitative estimate of drug-likeness (QED) is 0.290. The van der Waals surface area contributed by atoms with Crippen LogP contribution in [0.4, 0.5) is 0 Å². The van der Waals surface area contributed by atoms with Gasteiger partial charge in [-0.05, 0) is 111 Å². The predicted molar refractivity (Wildman–Crippen MR) is 137 cm³/mol. The van der Waals surface area contributed by atoms with Crippen molar-refractivity contribution in [3.8, 4) is 5.75 Å². The zero-order valence-electron chi connectivity index (χ0n) is 21.4. The molecule has 0 unspecified atom stereocenters. The molecule has 0 heterocycles. The Hall–Kier alpha value is -1.31. The molecule has 3 fully saturated rings. The Morgan fingerprint density at radius 2 is 1.18 bits per heavy atom.